The van der Waals surface area contributed by atoms with Crippen molar-refractivity contribution in [1.82, 2.24) is 4.90 Å². The van der Waals surface area contributed by atoms with E-state index in [9.17, 15) is 9.59 Å². The molecule has 1 rings (SSSR count). The van der Waals surface area contributed by atoms with Crippen molar-refractivity contribution in [3.63, 3.8) is 0 Å². The molecule has 0 unspecified atom stereocenters. The molecule has 0 fully saturated rings. The van der Waals surface area contributed by atoms with Gasteiger partial charge in [0.2, 0.25) is 0 Å². The van der Waals surface area contributed by atoms with Crippen molar-refractivity contribution in [2.45, 2.75) is 37.5 Å². The van der Waals surface area contributed by atoms with E-state index in [4.69, 9.17) is 19.7 Å². The summed E-state index contributed by atoms with van der Waals surface area (Å²) >= 11 is 1.86. The number of benzene rings is 1. The average Bonchev–Trinajstić information content (AvgIpc) is 2.68. The highest BCUT2D eigenvalue weighted by atomic mass is 32.2. The van der Waals surface area contributed by atoms with Crippen LogP contribution in [0.4, 0.5) is 0 Å². The molecule has 0 bridgehead atoms. The van der Waals surface area contributed by atoms with E-state index in [0.29, 0.717) is 12.2 Å². The predicted molar refractivity (Wildman–Crippen MR) is 116 cm³/mol. The van der Waals surface area contributed by atoms with Gasteiger partial charge in [-0.3, -0.25) is 0 Å². The van der Waals surface area contributed by atoms with Crippen LogP contribution in [0.25, 0.3) is 0 Å². The summed E-state index contributed by atoms with van der Waals surface area (Å²) < 4.78 is 11.1. The number of nitrogens with zero attached hydrogens (tertiary/aromatic N) is 1. The molecule has 0 atom stereocenters. The summed E-state index contributed by atoms with van der Waals surface area (Å²) in [5.74, 6) is 0.547. The molecule has 0 heterocycles. The molecule has 0 radical (unpaired) electrons. The van der Waals surface area contributed by atoms with Crippen molar-refractivity contribution in [2.75, 3.05) is 40.6 Å². The second-order valence-corrected chi connectivity index (χ2v) is 7.57. The Kier molecular flexibility index (Phi) is 14.5. The maximum absolute atomic E-state index is 9.55. The Bertz CT molecular complexity index is 645. The van der Waals surface area contributed by atoms with E-state index in [-0.39, 0.29) is 0 Å². The third-order valence-corrected chi connectivity index (χ3v) is 4.89. The Morgan fingerprint density at radius 1 is 1.03 bits per heavy atom. The Hall–Kier alpha value is -2.19. The van der Waals surface area contributed by atoms with Crippen LogP contribution in [0.2, 0.25) is 0 Å². The molecule has 0 saturated heterocycles. The zero-order valence-electron chi connectivity index (χ0n) is 17.9. The number of unbranched alkanes of at least 4 members (excludes halogenated alkanes) is 2. The third kappa shape index (κ3) is 12.8. The summed E-state index contributed by atoms with van der Waals surface area (Å²) in [7, 11) is 7.66. The van der Waals surface area contributed by atoms with Crippen LogP contribution in [-0.2, 0) is 16.0 Å². The lowest BCUT2D eigenvalue weighted by atomic mass is 10.1. The number of carbonyl (C=O) groups is 2. The molecule has 8 heteroatoms. The minimum atomic E-state index is -1.26. The molecule has 7 nitrogen and oxygen atoms in total. The van der Waals surface area contributed by atoms with Gasteiger partial charge in [0.15, 0.2) is 0 Å². The van der Waals surface area contributed by atoms with Crippen molar-refractivity contribution >= 4 is 23.7 Å². The molecule has 29 heavy (non-hydrogen) atoms. The lowest BCUT2D eigenvalue weighted by Gasteiger charge is -2.16. The smallest absolute Gasteiger partial charge is 0.328 e. The Labute approximate surface area is 177 Å². The van der Waals surface area contributed by atoms with E-state index in [2.05, 4.69) is 38.1 Å². The van der Waals surface area contributed by atoms with Crippen LogP contribution in [0.1, 0.15) is 31.7 Å². The SMILES string of the molecule is CCCCCSc1cc(OC)c(CCN(C)C)cc1OC.O=C(O)C=CC(=O)O. The van der Waals surface area contributed by atoms with Gasteiger partial charge in [0.25, 0.3) is 0 Å². The van der Waals surface area contributed by atoms with Crippen molar-refractivity contribution < 1.29 is 29.3 Å². The van der Waals surface area contributed by atoms with Gasteiger partial charge in [-0.1, -0.05) is 19.8 Å². The van der Waals surface area contributed by atoms with Gasteiger partial charge < -0.3 is 24.6 Å². The highest BCUT2D eigenvalue weighted by molar-refractivity contribution is 7.99. The van der Waals surface area contributed by atoms with E-state index in [1.165, 1.54) is 29.7 Å². The molecule has 164 valence electrons. The van der Waals surface area contributed by atoms with Crippen LogP contribution in [0.15, 0.2) is 29.2 Å². The number of carboxylic acid groups (broad SMARTS) is 2. The molecule has 0 saturated carbocycles. The first-order valence-electron chi connectivity index (χ1n) is 9.41. The van der Waals surface area contributed by atoms with Crippen LogP contribution < -0.4 is 9.47 Å². The number of hydrogen-bond acceptors (Lipinski definition) is 6. The minimum Gasteiger partial charge on any atom is -0.496 e. The summed E-state index contributed by atoms with van der Waals surface area (Å²) in [5.41, 5.74) is 1.21. The largest absolute Gasteiger partial charge is 0.496 e. The van der Waals surface area contributed by atoms with Crippen LogP contribution in [-0.4, -0.2) is 67.7 Å². The number of likely N-dealkylation sites (N-methyl/N-ethyl adjacent to an activating group) is 1. The second kappa shape index (κ2) is 15.7. The van der Waals surface area contributed by atoms with E-state index >= 15 is 0 Å². The van der Waals surface area contributed by atoms with Gasteiger partial charge in [0, 0.05) is 18.7 Å². The second-order valence-electron chi connectivity index (χ2n) is 6.43. The number of hydrogen-bond donors (Lipinski definition) is 2. The topological polar surface area (TPSA) is 96.3 Å². The zero-order chi connectivity index (χ0) is 22.2. The highest BCUT2D eigenvalue weighted by Crippen LogP contribution is 2.36. The lowest BCUT2D eigenvalue weighted by Crippen LogP contribution is -2.15. The monoisotopic (exact) mass is 427 g/mol. The van der Waals surface area contributed by atoms with Gasteiger partial charge in [0.1, 0.15) is 11.5 Å². The van der Waals surface area contributed by atoms with E-state index in [1.807, 2.05) is 11.8 Å². The van der Waals surface area contributed by atoms with E-state index in [1.54, 1.807) is 14.2 Å². The summed E-state index contributed by atoms with van der Waals surface area (Å²) in [5, 5.41) is 15.6. The fraction of sp³-hybridized carbons (Fsp3) is 0.524. The van der Waals surface area contributed by atoms with Gasteiger partial charge in [0.05, 0.1) is 19.1 Å². The Balaban J connectivity index is 0.000000828. The molecule has 2 N–H and O–H groups in total. The third-order valence-electron chi connectivity index (χ3n) is 3.77. The Morgan fingerprint density at radius 3 is 2.07 bits per heavy atom. The average molecular weight is 428 g/mol. The van der Waals surface area contributed by atoms with Gasteiger partial charge in [-0.15, -0.1) is 11.8 Å². The molecule has 1 aromatic carbocycles. The first kappa shape index (κ1) is 26.8. The minimum absolute atomic E-state index is 0.558. The number of carboxylic acids is 2. The van der Waals surface area contributed by atoms with Gasteiger partial charge >= 0.3 is 11.9 Å². The molecule has 0 amide bonds. The van der Waals surface area contributed by atoms with Crippen molar-refractivity contribution in [3.8, 4) is 11.5 Å². The van der Waals surface area contributed by atoms with Gasteiger partial charge in [-0.05, 0) is 50.4 Å². The summed E-state index contributed by atoms with van der Waals surface area (Å²) in [6, 6.07) is 4.25. The van der Waals surface area contributed by atoms with E-state index < -0.39 is 11.9 Å². The molecule has 0 spiro atoms. The van der Waals surface area contributed by atoms with Crippen LogP contribution in [0, 0.1) is 0 Å². The van der Waals surface area contributed by atoms with Gasteiger partial charge in [-0.2, -0.15) is 0 Å². The molecule has 0 aliphatic rings. The van der Waals surface area contributed by atoms with Crippen molar-refractivity contribution in [1.29, 1.82) is 0 Å². The molecule has 1 aromatic rings. The molecule has 0 aliphatic heterocycles. The highest BCUT2D eigenvalue weighted by Gasteiger charge is 2.12. The van der Waals surface area contributed by atoms with Gasteiger partial charge in [-0.25, -0.2) is 9.59 Å². The maximum Gasteiger partial charge on any atom is 0.328 e. The quantitative estimate of drug-likeness (QED) is 0.295. The van der Waals surface area contributed by atoms with Crippen molar-refractivity contribution in [3.05, 3.63) is 29.8 Å². The van der Waals surface area contributed by atoms with Crippen LogP contribution >= 0.6 is 11.8 Å². The molecule has 0 aromatic heterocycles. The molecular weight excluding hydrogens is 394 g/mol. The fourth-order valence-corrected chi connectivity index (χ4v) is 3.31. The lowest BCUT2D eigenvalue weighted by molar-refractivity contribution is -0.134. The number of thioether (sulfide) groups is 1. The normalized spacial score (nSPS) is 10.6. The number of rotatable bonds is 12. The van der Waals surface area contributed by atoms with E-state index in [0.717, 1.165) is 30.2 Å². The number of aliphatic carboxylic acids is 2. The van der Waals surface area contributed by atoms with Crippen LogP contribution in [0.3, 0.4) is 0 Å². The molecule has 0 aliphatic carbocycles. The first-order chi connectivity index (χ1) is 13.7. The standard InChI is InChI=1S/C17H29NO2S.C4H4O4/c1-6-7-8-11-21-17-13-15(19-4)14(9-10-18(2)3)12-16(17)20-5;5-3(6)1-2-4(7)8/h12-13H,6-11H2,1-5H3;1-2H,(H,5,6)(H,7,8). The predicted octanol–water partition coefficient (Wildman–Crippen LogP) is 3.80. The summed E-state index contributed by atoms with van der Waals surface area (Å²) in [6.45, 7) is 3.23. The zero-order valence-corrected chi connectivity index (χ0v) is 18.8. The number of ether oxygens (including phenoxy) is 2. The maximum atomic E-state index is 9.55. The summed E-state index contributed by atoms with van der Waals surface area (Å²) in [4.78, 5) is 22.5. The first-order valence-corrected chi connectivity index (χ1v) is 10.4. The van der Waals surface area contributed by atoms with Crippen LogP contribution in [0.5, 0.6) is 11.5 Å². The van der Waals surface area contributed by atoms with Crippen molar-refractivity contribution in [2.24, 2.45) is 0 Å². The fourth-order valence-electron chi connectivity index (χ4n) is 2.26. The summed E-state index contributed by atoms with van der Waals surface area (Å²) in [6.07, 6.45) is 5.87. The number of methoxy groups -OCH3 is 2. The molecular formula is C21H33NO6S. The Morgan fingerprint density at radius 2 is 1.62 bits per heavy atom.